The molecule has 2 aromatic rings. The second-order valence-corrected chi connectivity index (χ2v) is 6.40. The van der Waals surface area contributed by atoms with Crippen molar-refractivity contribution in [1.29, 1.82) is 0 Å². The third-order valence-electron chi connectivity index (χ3n) is 4.06. The summed E-state index contributed by atoms with van der Waals surface area (Å²) in [5.41, 5.74) is 0.380. The molecule has 0 atom stereocenters. The summed E-state index contributed by atoms with van der Waals surface area (Å²) in [5.74, 6) is 0.336. The molecule has 12 heteroatoms. The number of aliphatic hydroxyl groups is 1. The number of nitrogens with one attached hydrogen (secondary N) is 2. The number of halogens is 4. The molecule has 0 heterocycles. The summed E-state index contributed by atoms with van der Waals surface area (Å²) in [6.45, 7) is 1.04. The van der Waals surface area contributed by atoms with Gasteiger partial charge in [-0.2, -0.15) is 13.2 Å². The number of guanidine groups is 1. The molecule has 0 aromatic heterocycles. The number of aliphatic hydroxyl groups excluding tert-OH is 1. The highest BCUT2D eigenvalue weighted by Crippen LogP contribution is 2.29. The highest BCUT2D eigenvalue weighted by molar-refractivity contribution is 14.0. The highest BCUT2D eigenvalue weighted by atomic mass is 127. The lowest BCUT2D eigenvalue weighted by Gasteiger charge is -2.13. The van der Waals surface area contributed by atoms with Crippen LogP contribution in [0, 0.1) is 10.1 Å². The van der Waals surface area contributed by atoms with E-state index in [4.69, 9.17) is 9.84 Å². The normalized spacial score (nSPS) is 11.6. The number of hydrogen-bond donors (Lipinski definition) is 3. The molecule has 0 aliphatic rings. The average molecular weight is 568 g/mol. The summed E-state index contributed by atoms with van der Waals surface area (Å²) >= 11 is 0. The van der Waals surface area contributed by atoms with Crippen LogP contribution in [0.3, 0.4) is 0 Å². The Hall–Kier alpha value is -2.45. The van der Waals surface area contributed by atoms with Crippen molar-refractivity contribution in [2.24, 2.45) is 4.99 Å². The fourth-order valence-electron chi connectivity index (χ4n) is 2.52. The van der Waals surface area contributed by atoms with Crippen LogP contribution in [0.5, 0.6) is 0 Å². The molecule has 0 aliphatic heterocycles. The van der Waals surface area contributed by atoms with Gasteiger partial charge in [0.1, 0.15) is 0 Å². The molecule has 0 saturated heterocycles. The lowest BCUT2D eigenvalue weighted by Crippen LogP contribution is -2.38. The van der Waals surface area contributed by atoms with Crippen molar-refractivity contribution in [3.63, 3.8) is 0 Å². The van der Waals surface area contributed by atoms with Crippen LogP contribution >= 0.6 is 24.0 Å². The van der Waals surface area contributed by atoms with Crippen molar-refractivity contribution in [3.8, 4) is 0 Å². The minimum absolute atomic E-state index is 0. The Morgan fingerprint density at radius 1 is 1.09 bits per heavy atom. The van der Waals surface area contributed by atoms with E-state index in [0.29, 0.717) is 31.2 Å². The van der Waals surface area contributed by atoms with E-state index < -0.39 is 16.7 Å². The first-order valence-electron chi connectivity index (χ1n) is 9.40. The number of aliphatic imine (C=N–C) groups is 1. The van der Waals surface area contributed by atoms with E-state index in [1.165, 1.54) is 18.2 Å². The molecule has 0 unspecified atom stereocenters. The molecule has 0 aliphatic carbocycles. The number of nitro benzene ring substituents is 1. The van der Waals surface area contributed by atoms with E-state index in [2.05, 4.69) is 15.6 Å². The van der Waals surface area contributed by atoms with Crippen molar-refractivity contribution in [1.82, 2.24) is 10.6 Å². The standard InChI is InChI=1S/C20H23F3N4O4.HI/c21-20(22,23)17-3-1-2-16(12-17)14-26-19(24-8-10-31-11-9-28)25-13-15-4-6-18(7-5-15)27(29)30;/h1-7,12,28H,8-11,13-14H2,(H2,24,25,26);1H. The zero-order chi connectivity index (χ0) is 22.7. The molecular weight excluding hydrogens is 544 g/mol. The van der Waals surface area contributed by atoms with E-state index in [0.717, 1.165) is 17.7 Å². The monoisotopic (exact) mass is 568 g/mol. The minimum Gasteiger partial charge on any atom is -0.394 e. The van der Waals surface area contributed by atoms with Gasteiger partial charge >= 0.3 is 6.18 Å². The van der Waals surface area contributed by atoms with Crippen molar-refractivity contribution < 1.29 is 27.9 Å². The van der Waals surface area contributed by atoms with Gasteiger partial charge in [-0.3, -0.25) is 10.1 Å². The molecule has 0 saturated carbocycles. The predicted molar refractivity (Wildman–Crippen MR) is 124 cm³/mol. The third-order valence-corrected chi connectivity index (χ3v) is 4.06. The van der Waals surface area contributed by atoms with E-state index in [1.54, 1.807) is 18.2 Å². The Kier molecular flexibility index (Phi) is 11.9. The van der Waals surface area contributed by atoms with Gasteiger partial charge in [0, 0.05) is 25.2 Å². The number of rotatable bonds is 10. The Balaban J connectivity index is 0.00000512. The molecule has 3 N–H and O–H groups in total. The van der Waals surface area contributed by atoms with Crippen molar-refractivity contribution >= 4 is 35.6 Å². The lowest BCUT2D eigenvalue weighted by atomic mass is 10.1. The maximum Gasteiger partial charge on any atom is 0.416 e. The number of alkyl halides is 3. The SMILES string of the molecule is I.O=[N+]([O-])c1ccc(CNC(=NCc2cccc(C(F)(F)F)c2)NCCOCCO)cc1. The van der Waals surface area contributed by atoms with Crippen LogP contribution in [0.2, 0.25) is 0 Å². The minimum atomic E-state index is -4.43. The summed E-state index contributed by atoms with van der Waals surface area (Å²) in [6, 6.07) is 10.9. The lowest BCUT2D eigenvalue weighted by molar-refractivity contribution is -0.384. The van der Waals surface area contributed by atoms with Crippen LogP contribution in [0.15, 0.2) is 53.5 Å². The zero-order valence-electron chi connectivity index (χ0n) is 17.0. The topological polar surface area (TPSA) is 109 Å². The van der Waals surface area contributed by atoms with Crippen LogP contribution in [0.25, 0.3) is 0 Å². The number of hydrogen-bond acceptors (Lipinski definition) is 5. The van der Waals surface area contributed by atoms with Gasteiger partial charge in [-0.1, -0.05) is 24.3 Å². The van der Waals surface area contributed by atoms with Crippen molar-refractivity contribution in [2.45, 2.75) is 19.3 Å². The number of nitro groups is 1. The average Bonchev–Trinajstić information content (AvgIpc) is 2.74. The van der Waals surface area contributed by atoms with Crippen molar-refractivity contribution in [3.05, 3.63) is 75.3 Å². The molecule has 2 aromatic carbocycles. The third kappa shape index (κ3) is 9.78. The summed E-state index contributed by atoms with van der Waals surface area (Å²) in [6.07, 6.45) is -4.43. The first kappa shape index (κ1) is 27.6. The van der Waals surface area contributed by atoms with Gasteiger partial charge in [-0.05, 0) is 23.3 Å². The van der Waals surface area contributed by atoms with Gasteiger partial charge in [-0.15, -0.1) is 24.0 Å². The molecule has 0 spiro atoms. The summed E-state index contributed by atoms with van der Waals surface area (Å²) in [5, 5.41) is 25.5. The Bertz CT molecular complexity index is 880. The van der Waals surface area contributed by atoms with E-state index in [9.17, 15) is 23.3 Å². The number of nitrogens with zero attached hydrogens (tertiary/aromatic N) is 2. The van der Waals surface area contributed by atoms with E-state index in [1.807, 2.05) is 0 Å². The Morgan fingerprint density at radius 2 is 1.81 bits per heavy atom. The van der Waals surface area contributed by atoms with Crippen LogP contribution in [0.4, 0.5) is 18.9 Å². The maximum atomic E-state index is 12.9. The van der Waals surface area contributed by atoms with Gasteiger partial charge in [0.25, 0.3) is 5.69 Å². The summed E-state index contributed by atoms with van der Waals surface area (Å²) in [7, 11) is 0. The van der Waals surface area contributed by atoms with Crippen LogP contribution in [0.1, 0.15) is 16.7 Å². The van der Waals surface area contributed by atoms with Crippen LogP contribution in [-0.4, -0.2) is 42.4 Å². The Labute approximate surface area is 200 Å². The van der Waals surface area contributed by atoms with Gasteiger partial charge in [0.15, 0.2) is 5.96 Å². The molecule has 32 heavy (non-hydrogen) atoms. The van der Waals surface area contributed by atoms with E-state index >= 15 is 0 Å². The smallest absolute Gasteiger partial charge is 0.394 e. The molecule has 0 amide bonds. The van der Waals surface area contributed by atoms with Crippen LogP contribution < -0.4 is 10.6 Å². The summed E-state index contributed by atoms with van der Waals surface area (Å²) in [4.78, 5) is 14.6. The number of benzene rings is 2. The number of ether oxygens (including phenoxy) is 1. The maximum absolute atomic E-state index is 12.9. The van der Waals surface area contributed by atoms with E-state index in [-0.39, 0.29) is 49.4 Å². The second kappa shape index (κ2) is 13.9. The van der Waals surface area contributed by atoms with Gasteiger partial charge < -0.3 is 20.5 Å². The molecular formula is C20H24F3IN4O4. The van der Waals surface area contributed by atoms with Gasteiger partial charge in [0.2, 0.25) is 0 Å². The fraction of sp³-hybridized carbons (Fsp3) is 0.350. The molecule has 176 valence electrons. The molecule has 2 rings (SSSR count). The molecule has 0 fully saturated rings. The Morgan fingerprint density at radius 3 is 2.44 bits per heavy atom. The quantitative estimate of drug-likeness (QED) is 0.101. The van der Waals surface area contributed by atoms with Crippen molar-refractivity contribution in [2.75, 3.05) is 26.4 Å². The largest absolute Gasteiger partial charge is 0.416 e. The molecule has 0 bridgehead atoms. The molecule has 8 nitrogen and oxygen atoms in total. The first-order chi connectivity index (χ1) is 14.8. The highest BCUT2D eigenvalue weighted by Gasteiger charge is 2.30. The molecule has 0 radical (unpaired) electrons. The predicted octanol–water partition coefficient (Wildman–Crippen LogP) is 3.48. The number of non-ortho nitro benzene ring substituents is 1. The van der Waals surface area contributed by atoms with Gasteiger partial charge in [-0.25, -0.2) is 4.99 Å². The van der Waals surface area contributed by atoms with Gasteiger partial charge in [0.05, 0.1) is 36.9 Å². The zero-order valence-corrected chi connectivity index (χ0v) is 19.3. The fourth-order valence-corrected chi connectivity index (χ4v) is 2.52. The first-order valence-corrected chi connectivity index (χ1v) is 9.40. The summed E-state index contributed by atoms with van der Waals surface area (Å²) < 4.78 is 43.8. The van der Waals surface area contributed by atoms with Crippen LogP contribution in [-0.2, 0) is 24.0 Å². The second-order valence-electron chi connectivity index (χ2n) is 6.40.